The van der Waals surface area contributed by atoms with E-state index < -0.39 is 41.2 Å². The SMILES string of the molecule is C=C(C(=O)[O-])C(CC(=O)OC1CCCCC1)(C(=O)[O-])C1CCCC1. The molecule has 2 aliphatic carbocycles. The topological polar surface area (TPSA) is 107 Å². The lowest BCUT2D eigenvalue weighted by Crippen LogP contribution is -2.52. The lowest BCUT2D eigenvalue weighted by atomic mass is 9.67. The van der Waals surface area contributed by atoms with Gasteiger partial charge in [-0.2, -0.15) is 0 Å². The van der Waals surface area contributed by atoms with Crippen LogP contribution in [-0.2, 0) is 19.1 Å². The average molecular weight is 336 g/mol. The minimum absolute atomic E-state index is 0.217. The molecule has 2 rings (SSSR count). The first-order valence-electron chi connectivity index (χ1n) is 8.69. The van der Waals surface area contributed by atoms with Gasteiger partial charge in [0.2, 0.25) is 0 Å². The molecule has 6 nitrogen and oxygen atoms in total. The molecule has 134 valence electrons. The second-order valence-electron chi connectivity index (χ2n) is 6.93. The fraction of sp³-hybridized carbons (Fsp3) is 0.722. The molecule has 0 heterocycles. The molecule has 0 amide bonds. The second-order valence-corrected chi connectivity index (χ2v) is 6.93. The van der Waals surface area contributed by atoms with E-state index >= 15 is 0 Å². The highest BCUT2D eigenvalue weighted by Gasteiger charge is 2.46. The fourth-order valence-corrected chi connectivity index (χ4v) is 4.10. The summed E-state index contributed by atoms with van der Waals surface area (Å²) in [7, 11) is 0. The number of carboxylic acids is 2. The highest BCUT2D eigenvalue weighted by molar-refractivity contribution is 5.97. The maximum Gasteiger partial charge on any atom is 0.307 e. The van der Waals surface area contributed by atoms with E-state index in [9.17, 15) is 24.6 Å². The Morgan fingerprint density at radius 1 is 0.958 bits per heavy atom. The third kappa shape index (κ3) is 3.79. The Bertz CT molecular complexity index is 514. The van der Waals surface area contributed by atoms with Gasteiger partial charge in [0, 0.05) is 5.41 Å². The maximum absolute atomic E-state index is 12.3. The normalized spacial score (nSPS) is 21.8. The summed E-state index contributed by atoms with van der Waals surface area (Å²) < 4.78 is 5.40. The van der Waals surface area contributed by atoms with Crippen LogP contribution in [0.4, 0.5) is 0 Å². The van der Waals surface area contributed by atoms with Crippen LogP contribution < -0.4 is 10.2 Å². The van der Waals surface area contributed by atoms with Gasteiger partial charge in [-0.15, -0.1) is 0 Å². The molecule has 2 saturated carbocycles. The zero-order valence-electron chi connectivity index (χ0n) is 13.9. The first kappa shape index (κ1) is 18.5. The number of esters is 1. The molecule has 0 aromatic rings. The smallest absolute Gasteiger partial charge is 0.307 e. The third-order valence-electron chi connectivity index (χ3n) is 5.47. The summed E-state index contributed by atoms with van der Waals surface area (Å²) in [6, 6.07) is 0. The van der Waals surface area contributed by atoms with Gasteiger partial charge in [-0.25, -0.2) is 0 Å². The molecule has 2 fully saturated rings. The van der Waals surface area contributed by atoms with Crippen LogP contribution in [0.15, 0.2) is 12.2 Å². The molecule has 0 aromatic heterocycles. The van der Waals surface area contributed by atoms with Crippen molar-refractivity contribution in [1.29, 1.82) is 0 Å². The number of ether oxygens (including phenoxy) is 1. The van der Waals surface area contributed by atoms with Gasteiger partial charge in [-0.3, -0.25) is 4.79 Å². The Morgan fingerprint density at radius 2 is 1.50 bits per heavy atom. The van der Waals surface area contributed by atoms with Crippen LogP contribution >= 0.6 is 0 Å². The van der Waals surface area contributed by atoms with Crippen LogP contribution in [0.5, 0.6) is 0 Å². The molecule has 0 aliphatic heterocycles. The number of rotatable bonds is 7. The highest BCUT2D eigenvalue weighted by atomic mass is 16.5. The van der Waals surface area contributed by atoms with E-state index in [1.807, 2.05) is 0 Å². The van der Waals surface area contributed by atoms with Gasteiger partial charge >= 0.3 is 5.97 Å². The lowest BCUT2D eigenvalue weighted by molar-refractivity contribution is -0.324. The number of carbonyl (C=O) groups is 3. The molecule has 0 spiro atoms. The first-order chi connectivity index (χ1) is 11.4. The molecule has 0 saturated heterocycles. The van der Waals surface area contributed by atoms with Crippen LogP contribution in [0.3, 0.4) is 0 Å². The molecular weight excluding hydrogens is 312 g/mol. The third-order valence-corrected chi connectivity index (χ3v) is 5.47. The van der Waals surface area contributed by atoms with Gasteiger partial charge < -0.3 is 24.5 Å². The van der Waals surface area contributed by atoms with E-state index in [0.717, 1.165) is 44.9 Å². The molecule has 1 atom stereocenters. The number of hydrogen-bond acceptors (Lipinski definition) is 6. The van der Waals surface area contributed by atoms with Crippen molar-refractivity contribution < 1.29 is 29.3 Å². The largest absolute Gasteiger partial charge is 0.549 e. The number of hydrogen-bond donors (Lipinski definition) is 0. The first-order valence-corrected chi connectivity index (χ1v) is 8.69. The minimum Gasteiger partial charge on any atom is -0.549 e. The monoisotopic (exact) mass is 336 g/mol. The van der Waals surface area contributed by atoms with Gasteiger partial charge in [0.15, 0.2) is 0 Å². The van der Waals surface area contributed by atoms with Crippen molar-refractivity contribution in [2.45, 2.75) is 70.3 Å². The van der Waals surface area contributed by atoms with E-state index in [4.69, 9.17) is 4.74 Å². The predicted octanol–water partition coefficient (Wildman–Crippen LogP) is 0.485. The molecule has 6 heteroatoms. The van der Waals surface area contributed by atoms with Crippen LogP contribution in [-0.4, -0.2) is 24.0 Å². The Hall–Kier alpha value is -1.85. The molecule has 1 unspecified atom stereocenters. The average Bonchev–Trinajstić information content (AvgIpc) is 3.07. The Kier molecular flexibility index (Phi) is 6.02. The quantitative estimate of drug-likeness (QED) is 0.494. The van der Waals surface area contributed by atoms with Gasteiger partial charge in [0.05, 0.1) is 18.4 Å². The van der Waals surface area contributed by atoms with E-state index in [1.54, 1.807) is 0 Å². The summed E-state index contributed by atoms with van der Waals surface area (Å²) >= 11 is 0. The molecule has 0 bridgehead atoms. The fourth-order valence-electron chi connectivity index (χ4n) is 4.10. The Labute approximate surface area is 141 Å². The van der Waals surface area contributed by atoms with Crippen LogP contribution in [0.1, 0.15) is 64.2 Å². The highest BCUT2D eigenvalue weighted by Crippen LogP contribution is 2.47. The van der Waals surface area contributed by atoms with E-state index in [2.05, 4.69) is 6.58 Å². The van der Waals surface area contributed by atoms with Gasteiger partial charge in [-0.1, -0.05) is 25.8 Å². The maximum atomic E-state index is 12.3. The number of carbonyl (C=O) groups excluding carboxylic acids is 3. The van der Waals surface area contributed by atoms with Crippen molar-refractivity contribution in [3.05, 3.63) is 12.2 Å². The van der Waals surface area contributed by atoms with E-state index in [1.165, 1.54) is 0 Å². The molecular formula is C18H24O6-2. The number of aliphatic carboxylic acids is 2. The summed E-state index contributed by atoms with van der Waals surface area (Å²) in [5.41, 5.74) is -2.53. The molecule has 0 N–H and O–H groups in total. The van der Waals surface area contributed by atoms with E-state index in [-0.39, 0.29) is 6.10 Å². The van der Waals surface area contributed by atoms with Crippen molar-refractivity contribution in [2.75, 3.05) is 0 Å². The summed E-state index contributed by atoms with van der Waals surface area (Å²) in [4.78, 5) is 35.6. The molecule has 0 aromatic carbocycles. The van der Waals surface area contributed by atoms with E-state index in [0.29, 0.717) is 12.8 Å². The predicted molar refractivity (Wildman–Crippen MR) is 81.1 cm³/mol. The van der Waals surface area contributed by atoms with Gasteiger partial charge in [-0.05, 0) is 50.0 Å². The van der Waals surface area contributed by atoms with Crippen LogP contribution in [0.2, 0.25) is 0 Å². The zero-order chi connectivity index (χ0) is 17.7. The van der Waals surface area contributed by atoms with Crippen molar-refractivity contribution in [3.63, 3.8) is 0 Å². The van der Waals surface area contributed by atoms with Gasteiger partial charge in [0.1, 0.15) is 6.10 Å². The Balaban J connectivity index is 2.20. The lowest BCUT2D eigenvalue weighted by Gasteiger charge is -2.41. The van der Waals surface area contributed by atoms with Crippen LogP contribution in [0.25, 0.3) is 0 Å². The number of carboxylic acid groups (broad SMARTS) is 2. The van der Waals surface area contributed by atoms with Gasteiger partial charge in [0.25, 0.3) is 0 Å². The second kappa shape index (κ2) is 7.81. The molecule has 24 heavy (non-hydrogen) atoms. The van der Waals surface area contributed by atoms with Crippen LogP contribution in [0, 0.1) is 11.3 Å². The molecule has 2 aliphatic rings. The standard InChI is InChI=1S/C18H26O6/c1-12(16(20)21)18(17(22)23,13-7-5-6-8-13)11-15(19)24-14-9-3-2-4-10-14/h13-14H,1-11H2,(H,20,21)(H,22,23)/p-2. The van der Waals surface area contributed by atoms with Crippen molar-refractivity contribution >= 4 is 17.9 Å². The summed E-state index contributed by atoms with van der Waals surface area (Å²) in [5, 5.41) is 23.2. The van der Waals surface area contributed by atoms with Crippen molar-refractivity contribution in [1.82, 2.24) is 0 Å². The zero-order valence-corrected chi connectivity index (χ0v) is 13.9. The molecule has 0 radical (unpaired) electrons. The minimum atomic E-state index is -1.94. The summed E-state index contributed by atoms with van der Waals surface area (Å²) in [5.74, 6) is -4.42. The van der Waals surface area contributed by atoms with Crippen molar-refractivity contribution in [3.8, 4) is 0 Å². The Morgan fingerprint density at radius 3 is 2.00 bits per heavy atom. The van der Waals surface area contributed by atoms with Crippen molar-refractivity contribution in [2.24, 2.45) is 11.3 Å². The summed E-state index contributed by atoms with van der Waals surface area (Å²) in [6.07, 6.45) is 6.41. The summed E-state index contributed by atoms with van der Waals surface area (Å²) in [6.45, 7) is 3.40.